The SMILES string of the molecule is COCCNCCNC(=O)c1ccc(N2CCCC2)nc1. The minimum absolute atomic E-state index is 0.0796. The molecule has 2 heterocycles. The van der Waals surface area contributed by atoms with E-state index in [0.29, 0.717) is 18.7 Å². The number of hydrogen-bond donors (Lipinski definition) is 2. The fraction of sp³-hybridized carbons (Fsp3) is 0.600. The van der Waals surface area contributed by atoms with E-state index in [1.807, 2.05) is 12.1 Å². The fourth-order valence-electron chi connectivity index (χ4n) is 2.32. The Labute approximate surface area is 125 Å². The van der Waals surface area contributed by atoms with Gasteiger partial charge >= 0.3 is 0 Å². The van der Waals surface area contributed by atoms with Gasteiger partial charge < -0.3 is 20.3 Å². The van der Waals surface area contributed by atoms with Crippen molar-refractivity contribution in [1.82, 2.24) is 15.6 Å². The highest BCUT2D eigenvalue weighted by Gasteiger charge is 2.14. The zero-order valence-electron chi connectivity index (χ0n) is 12.6. The molecule has 0 unspecified atom stereocenters. The summed E-state index contributed by atoms with van der Waals surface area (Å²) >= 11 is 0. The molecule has 0 spiro atoms. The molecule has 1 aliphatic heterocycles. The van der Waals surface area contributed by atoms with Crippen LogP contribution in [0.3, 0.4) is 0 Å². The molecular weight excluding hydrogens is 268 g/mol. The van der Waals surface area contributed by atoms with Crippen molar-refractivity contribution >= 4 is 11.7 Å². The van der Waals surface area contributed by atoms with Crippen molar-refractivity contribution in [2.75, 3.05) is 51.3 Å². The van der Waals surface area contributed by atoms with Crippen molar-refractivity contribution in [2.45, 2.75) is 12.8 Å². The average Bonchev–Trinajstić information content (AvgIpc) is 3.05. The molecule has 21 heavy (non-hydrogen) atoms. The lowest BCUT2D eigenvalue weighted by atomic mass is 10.2. The van der Waals surface area contributed by atoms with Gasteiger partial charge in [0, 0.05) is 46.0 Å². The Morgan fingerprint density at radius 2 is 2.10 bits per heavy atom. The predicted molar refractivity (Wildman–Crippen MR) is 82.8 cm³/mol. The molecule has 1 aromatic heterocycles. The molecule has 1 saturated heterocycles. The lowest BCUT2D eigenvalue weighted by molar-refractivity contribution is 0.0953. The van der Waals surface area contributed by atoms with Gasteiger partial charge in [-0.3, -0.25) is 4.79 Å². The number of nitrogens with one attached hydrogen (secondary N) is 2. The number of ether oxygens (including phenoxy) is 1. The van der Waals surface area contributed by atoms with Crippen LogP contribution < -0.4 is 15.5 Å². The Balaban J connectivity index is 1.72. The maximum absolute atomic E-state index is 11.9. The highest BCUT2D eigenvalue weighted by atomic mass is 16.5. The van der Waals surface area contributed by atoms with Crippen LogP contribution in [0.15, 0.2) is 18.3 Å². The van der Waals surface area contributed by atoms with Crippen LogP contribution in [0.1, 0.15) is 23.2 Å². The molecule has 0 atom stereocenters. The van der Waals surface area contributed by atoms with Gasteiger partial charge in [0.05, 0.1) is 12.2 Å². The second-order valence-corrected chi connectivity index (χ2v) is 5.10. The normalized spacial score (nSPS) is 14.4. The summed E-state index contributed by atoms with van der Waals surface area (Å²) in [5.74, 6) is 0.884. The van der Waals surface area contributed by atoms with E-state index in [1.54, 1.807) is 13.3 Å². The topological polar surface area (TPSA) is 66.5 Å². The van der Waals surface area contributed by atoms with E-state index in [-0.39, 0.29) is 5.91 Å². The number of methoxy groups -OCH3 is 1. The van der Waals surface area contributed by atoms with Crippen LogP contribution in [0.25, 0.3) is 0 Å². The molecule has 0 saturated carbocycles. The van der Waals surface area contributed by atoms with Crippen LogP contribution in [0.2, 0.25) is 0 Å². The van der Waals surface area contributed by atoms with Crippen LogP contribution in [0, 0.1) is 0 Å². The van der Waals surface area contributed by atoms with Crippen LogP contribution in [0.5, 0.6) is 0 Å². The van der Waals surface area contributed by atoms with Crippen LogP contribution in [0.4, 0.5) is 5.82 Å². The van der Waals surface area contributed by atoms with Gasteiger partial charge in [0.15, 0.2) is 0 Å². The second kappa shape index (κ2) is 8.59. The molecule has 6 heteroatoms. The number of carbonyl (C=O) groups excluding carboxylic acids is 1. The van der Waals surface area contributed by atoms with Crippen LogP contribution in [-0.2, 0) is 4.74 Å². The lowest BCUT2D eigenvalue weighted by Gasteiger charge is -2.16. The van der Waals surface area contributed by atoms with Crippen LogP contribution in [-0.4, -0.2) is 57.3 Å². The van der Waals surface area contributed by atoms with Gasteiger partial charge in [-0.15, -0.1) is 0 Å². The summed E-state index contributed by atoms with van der Waals surface area (Å²) in [5.41, 5.74) is 0.606. The van der Waals surface area contributed by atoms with Gasteiger partial charge in [-0.2, -0.15) is 0 Å². The molecule has 6 nitrogen and oxygen atoms in total. The summed E-state index contributed by atoms with van der Waals surface area (Å²) < 4.78 is 4.93. The molecule has 1 fully saturated rings. The third-order valence-electron chi connectivity index (χ3n) is 3.51. The summed E-state index contributed by atoms with van der Waals surface area (Å²) in [6.45, 7) is 4.91. The molecule has 2 N–H and O–H groups in total. The third kappa shape index (κ3) is 4.99. The van der Waals surface area contributed by atoms with Gasteiger partial charge in [0.1, 0.15) is 5.82 Å². The monoisotopic (exact) mass is 292 g/mol. The van der Waals surface area contributed by atoms with Gasteiger partial charge in [0.2, 0.25) is 0 Å². The molecule has 0 aliphatic carbocycles. The van der Waals surface area contributed by atoms with E-state index in [4.69, 9.17) is 4.74 Å². The first kappa shape index (κ1) is 15.7. The number of aromatic nitrogens is 1. The lowest BCUT2D eigenvalue weighted by Crippen LogP contribution is -2.33. The standard InChI is InChI=1S/C15H24N4O2/c1-21-11-8-16-6-7-17-15(20)13-4-5-14(18-12-13)19-9-2-3-10-19/h4-5,12,16H,2-3,6-11H2,1H3,(H,17,20). The maximum Gasteiger partial charge on any atom is 0.252 e. The van der Waals surface area contributed by atoms with Crippen molar-refractivity contribution in [3.8, 4) is 0 Å². The quantitative estimate of drug-likeness (QED) is 0.689. The Morgan fingerprint density at radius 3 is 2.76 bits per heavy atom. The minimum Gasteiger partial charge on any atom is -0.383 e. The van der Waals surface area contributed by atoms with Crippen LogP contribution >= 0.6 is 0 Å². The third-order valence-corrected chi connectivity index (χ3v) is 3.51. The number of rotatable bonds is 8. The largest absolute Gasteiger partial charge is 0.383 e. The van der Waals surface area contributed by atoms with E-state index < -0.39 is 0 Å². The smallest absolute Gasteiger partial charge is 0.252 e. The number of nitrogens with zero attached hydrogens (tertiary/aromatic N) is 2. The van der Waals surface area contributed by atoms with Crippen molar-refractivity contribution in [3.05, 3.63) is 23.9 Å². The molecule has 1 aliphatic rings. The van der Waals surface area contributed by atoms with Gasteiger partial charge in [-0.25, -0.2) is 4.98 Å². The van der Waals surface area contributed by atoms with E-state index >= 15 is 0 Å². The zero-order valence-corrected chi connectivity index (χ0v) is 12.6. The highest BCUT2D eigenvalue weighted by molar-refractivity contribution is 5.94. The van der Waals surface area contributed by atoms with Gasteiger partial charge in [-0.1, -0.05) is 0 Å². The molecule has 2 rings (SSSR count). The summed E-state index contributed by atoms with van der Waals surface area (Å²) in [6, 6.07) is 3.77. The van der Waals surface area contributed by atoms with Crippen molar-refractivity contribution < 1.29 is 9.53 Å². The summed E-state index contributed by atoms with van der Waals surface area (Å²) in [4.78, 5) is 18.6. The summed E-state index contributed by atoms with van der Waals surface area (Å²) in [7, 11) is 1.67. The maximum atomic E-state index is 11.9. The van der Waals surface area contributed by atoms with Crippen molar-refractivity contribution in [1.29, 1.82) is 0 Å². The number of anilines is 1. The first-order chi connectivity index (χ1) is 10.3. The van der Waals surface area contributed by atoms with Crippen molar-refractivity contribution in [3.63, 3.8) is 0 Å². The number of carbonyl (C=O) groups is 1. The van der Waals surface area contributed by atoms with E-state index in [9.17, 15) is 4.79 Å². The average molecular weight is 292 g/mol. The molecule has 0 bridgehead atoms. The minimum atomic E-state index is -0.0796. The van der Waals surface area contributed by atoms with E-state index in [1.165, 1.54) is 12.8 Å². The van der Waals surface area contributed by atoms with Gasteiger partial charge in [-0.05, 0) is 25.0 Å². The summed E-state index contributed by atoms with van der Waals surface area (Å²) in [5, 5.41) is 6.05. The number of pyridine rings is 1. The highest BCUT2D eigenvalue weighted by Crippen LogP contribution is 2.17. The first-order valence-electron chi connectivity index (χ1n) is 7.50. The van der Waals surface area contributed by atoms with E-state index in [0.717, 1.165) is 32.0 Å². The fourth-order valence-corrected chi connectivity index (χ4v) is 2.32. The Hall–Kier alpha value is -1.66. The summed E-state index contributed by atoms with van der Waals surface area (Å²) in [6.07, 6.45) is 4.10. The van der Waals surface area contributed by atoms with E-state index in [2.05, 4.69) is 20.5 Å². The molecule has 1 amide bonds. The molecule has 0 radical (unpaired) electrons. The van der Waals surface area contributed by atoms with Gasteiger partial charge in [0.25, 0.3) is 5.91 Å². The molecular formula is C15H24N4O2. The molecule has 0 aromatic carbocycles. The first-order valence-corrected chi connectivity index (χ1v) is 7.50. The predicted octanol–water partition coefficient (Wildman–Crippen LogP) is 0.648. The Bertz CT molecular complexity index is 430. The van der Waals surface area contributed by atoms with Crippen molar-refractivity contribution in [2.24, 2.45) is 0 Å². The number of amides is 1. The Morgan fingerprint density at radius 1 is 1.29 bits per heavy atom. The number of hydrogen-bond acceptors (Lipinski definition) is 5. The molecule has 116 valence electrons. The Kier molecular flexibility index (Phi) is 6.43. The molecule has 1 aromatic rings. The zero-order chi connectivity index (χ0) is 14.9. The second-order valence-electron chi connectivity index (χ2n) is 5.10.